The van der Waals surface area contributed by atoms with Crippen LogP contribution >= 0.6 is 11.6 Å². The van der Waals surface area contributed by atoms with Crippen LogP contribution in [-0.2, 0) is 0 Å². The van der Waals surface area contributed by atoms with Crippen LogP contribution < -0.4 is 5.32 Å². The smallest absolute Gasteiger partial charge is 0.269 e. The fourth-order valence-electron chi connectivity index (χ4n) is 2.83. The van der Waals surface area contributed by atoms with Crippen molar-refractivity contribution in [3.05, 3.63) is 41.2 Å². The Morgan fingerprint density at radius 1 is 1.38 bits per heavy atom. The maximum absolute atomic E-state index is 12.2. The number of aromatic nitrogens is 1. The van der Waals surface area contributed by atoms with Crippen LogP contribution in [0.4, 0.5) is 0 Å². The number of amides is 1. The Hall–Kier alpha value is -1.65. The van der Waals surface area contributed by atoms with Gasteiger partial charge in [-0.2, -0.15) is 0 Å². The number of hydrogen-bond acceptors (Lipinski definition) is 3. The zero-order chi connectivity index (χ0) is 14.8. The average molecular weight is 305 g/mol. The molecule has 1 aromatic heterocycles. The van der Waals surface area contributed by atoms with E-state index in [0.717, 1.165) is 30.0 Å². The third-order valence-corrected chi connectivity index (χ3v) is 4.28. The highest BCUT2D eigenvalue weighted by Gasteiger charge is 2.23. The quantitative estimate of drug-likeness (QED) is 0.857. The van der Waals surface area contributed by atoms with Crippen molar-refractivity contribution in [3.63, 3.8) is 0 Å². The molecule has 21 heavy (non-hydrogen) atoms. The van der Waals surface area contributed by atoms with Crippen molar-refractivity contribution in [2.24, 2.45) is 5.92 Å². The molecule has 0 bridgehead atoms. The molecule has 2 aromatic rings. The fraction of sp³-hybridized carbons (Fsp3) is 0.375. The number of fused-ring (bicyclic) bond motifs is 1. The Labute approximate surface area is 128 Å². The van der Waals surface area contributed by atoms with E-state index < -0.39 is 0 Å². The van der Waals surface area contributed by atoms with Crippen LogP contribution in [0.3, 0.4) is 0 Å². The van der Waals surface area contributed by atoms with Crippen LogP contribution in [-0.4, -0.2) is 28.6 Å². The van der Waals surface area contributed by atoms with Crippen molar-refractivity contribution in [3.8, 4) is 0 Å². The standard InChI is InChI=1S/C16H17ClN2O2/c17-15-13-4-2-1-3-11(13)8-14(19-15)16(21)18-9-10-5-6-12(20)7-10/h1-4,8,10,12,20H,5-7,9H2,(H,18,21). The normalized spacial score (nSPS) is 21.6. The van der Waals surface area contributed by atoms with Crippen LogP contribution in [0.2, 0.25) is 5.15 Å². The maximum atomic E-state index is 12.2. The van der Waals surface area contributed by atoms with Gasteiger partial charge in [-0.15, -0.1) is 0 Å². The summed E-state index contributed by atoms with van der Waals surface area (Å²) < 4.78 is 0. The van der Waals surface area contributed by atoms with Crippen LogP contribution in [0.15, 0.2) is 30.3 Å². The van der Waals surface area contributed by atoms with E-state index in [9.17, 15) is 9.90 Å². The Morgan fingerprint density at radius 2 is 2.19 bits per heavy atom. The monoisotopic (exact) mass is 304 g/mol. The number of rotatable bonds is 3. The molecule has 2 N–H and O–H groups in total. The fourth-order valence-corrected chi connectivity index (χ4v) is 3.10. The highest BCUT2D eigenvalue weighted by atomic mass is 35.5. The average Bonchev–Trinajstić information content (AvgIpc) is 2.90. The summed E-state index contributed by atoms with van der Waals surface area (Å²) in [5, 5.41) is 14.5. The van der Waals surface area contributed by atoms with E-state index in [1.54, 1.807) is 6.07 Å². The molecule has 0 saturated heterocycles. The number of carbonyl (C=O) groups is 1. The van der Waals surface area contributed by atoms with Crippen molar-refractivity contribution >= 4 is 28.3 Å². The Morgan fingerprint density at radius 3 is 2.95 bits per heavy atom. The summed E-state index contributed by atoms with van der Waals surface area (Å²) >= 11 is 6.13. The number of carbonyl (C=O) groups excluding carboxylic acids is 1. The lowest BCUT2D eigenvalue weighted by molar-refractivity contribution is 0.0940. The maximum Gasteiger partial charge on any atom is 0.269 e. The van der Waals surface area contributed by atoms with Gasteiger partial charge in [-0.1, -0.05) is 35.9 Å². The molecule has 1 aliphatic rings. The van der Waals surface area contributed by atoms with Gasteiger partial charge < -0.3 is 10.4 Å². The molecule has 0 aliphatic heterocycles. The first-order chi connectivity index (χ1) is 10.1. The third-order valence-electron chi connectivity index (χ3n) is 3.99. The molecule has 5 heteroatoms. The van der Waals surface area contributed by atoms with Gasteiger partial charge in [-0.05, 0) is 36.6 Å². The predicted octanol–water partition coefficient (Wildman–Crippen LogP) is 2.78. The molecule has 0 spiro atoms. The number of pyridine rings is 1. The molecule has 1 fully saturated rings. The molecule has 1 heterocycles. The minimum Gasteiger partial charge on any atom is -0.393 e. The highest BCUT2D eigenvalue weighted by molar-refractivity contribution is 6.34. The summed E-state index contributed by atoms with van der Waals surface area (Å²) in [5.74, 6) is 0.129. The minimum atomic E-state index is -0.222. The molecule has 3 rings (SSSR count). The van der Waals surface area contributed by atoms with Crippen LogP contribution in [0, 0.1) is 5.92 Å². The van der Waals surface area contributed by atoms with Gasteiger partial charge in [0, 0.05) is 11.9 Å². The van der Waals surface area contributed by atoms with Crippen molar-refractivity contribution < 1.29 is 9.90 Å². The second-order valence-corrected chi connectivity index (χ2v) is 5.92. The lowest BCUT2D eigenvalue weighted by atomic mass is 10.1. The zero-order valence-corrected chi connectivity index (χ0v) is 12.3. The first kappa shape index (κ1) is 14.3. The summed E-state index contributed by atoms with van der Waals surface area (Å²) in [6.07, 6.45) is 2.31. The number of nitrogens with one attached hydrogen (secondary N) is 1. The molecule has 110 valence electrons. The second kappa shape index (κ2) is 6.00. The zero-order valence-electron chi connectivity index (χ0n) is 11.6. The largest absolute Gasteiger partial charge is 0.393 e. The molecule has 1 aliphatic carbocycles. The molecular weight excluding hydrogens is 288 g/mol. The summed E-state index contributed by atoms with van der Waals surface area (Å²) in [4.78, 5) is 16.3. The first-order valence-corrected chi connectivity index (χ1v) is 7.53. The summed E-state index contributed by atoms with van der Waals surface area (Å²) in [6.45, 7) is 0.571. The van der Waals surface area contributed by atoms with Gasteiger partial charge in [0.15, 0.2) is 0 Å². The molecule has 2 unspecified atom stereocenters. The van der Waals surface area contributed by atoms with Crippen molar-refractivity contribution in [1.82, 2.24) is 10.3 Å². The summed E-state index contributed by atoms with van der Waals surface area (Å²) in [5.41, 5.74) is 0.331. The molecule has 1 aromatic carbocycles. The molecule has 4 nitrogen and oxygen atoms in total. The first-order valence-electron chi connectivity index (χ1n) is 7.15. The van der Waals surface area contributed by atoms with E-state index in [1.807, 2.05) is 24.3 Å². The van der Waals surface area contributed by atoms with Crippen molar-refractivity contribution in [2.45, 2.75) is 25.4 Å². The molecule has 2 atom stereocenters. The summed E-state index contributed by atoms with van der Waals surface area (Å²) in [7, 11) is 0. The molecule has 1 amide bonds. The van der Waals surface area contributed by atoms with Gasteiger partial charge in [0.05, 0.1) is 6.10 Å². The van der Waals surface area contributed by atoms with E-state index in [-0.39, 0.29) is 12.0 Å². The molecule has 0 radical (unpaired) electrons. The number of halogens is 1. The van der Waals surface area contributed by atoms with E-state index in [4.69, 9.17) is 11.6 Å². The number of benzene rings is 1. The van der Waals surface area contributed by atoms with E-state index in [0.29, 0.717) is 23.3 Å². The number of nitrogens with zero attached hydrogens (tertiary/aromatic N) is 1. The van der Waals surface area contributed by atoms with Crippen LogP contribution in [0.25, 0.3) is 10.8 Å². The van der Waals surface area contributed by atoms with Crippen LogP contribution in [0.1, 0.15) is 29.8 Å². The SMILES string of the molecule is O=C(NCC1CCC(O)C1)c1cc2ccccc2c(Cl)n1. The number of hydrogen-bond donors (Lipinski definition) is 2. The second-order valence-electron chi connectivity index (χ2n) is 5.56. The molecule has 1 saturated carbocycles. The van der Waals surface area contributed by atoms with Gasteiger partial charge >= 0.3 is 0 Å². The van der Waals surface area contributed by atoms with E-state index in [2.05, 4.69) is 10.3 Å². The van der Waals surface area contributed by atoms with Crippen molar-refractivity contribution in [1.29, 1.82) is 0 Å². The Kier molecular flexibility index (Phi) is 4.08. The van der Waals surface area contributed by atoms with Crippen LogP contribution in [0.5, 0.6) is 0 Å². The Bertz CT molecular complexity index is 674. The van der Waals surface area contributed by atoms with Gasteiger partial charge in [0.25, 0.3) is 5.91 Å². The van der Waals surface area contributed by atoms with Gasteiger partial charge in [-0.3, -0.25) is 4.79 Å². The Balaban J connectivity index is 1.72. The predicted molar refractivity (Wildman–Crippen MR) is 82.4 cm³/mol. The lowest BCUT2D eigenvalue weighted by Gasteiger charge is -2.11. The number of aliphatic hydroxyl groups excluding tert-OH is 1. The van der Waals surface area contributed by atoms with Gasteiger partial charge in [0.1, 0.15) is 10.8 Å². The third kappa shape index (κ3) is 3.17. The van der Waals surface area contributed by atoms with Gasteiger partial charge in [-0.25, -0.2) is 4.98 Å². The highest BCUT2D eigenvalue weighted by Crippen LogP contribution is 2.25. The molecular formula is C16H17ClN2O2. The minimum absolute atomic E-state index is 0.218. The lowest BCUT2D eigenvalue weighted by Crippen LogP contribution is -2.29. The van der Waals surface area contributed by atoms with Crippen molar-refractivity contribution in [2.75, 3.05) is 6.54 Å². The number of aliphatic hydroxyl groups is 1. The van der Waals surface area contributed by atoms with E-state index in [1.165, 1.54) is 0 Å². The summed E-state index contributed by atoms with van der Waals surface area (Å²) in [6, 6.07) is 9.33. The van der Waals surface area contributed by atoms with Gasteiger partial charge in [0.2, 0.25) is 0 Å². The topological polar surface area (TPSA) is 62.2 Å². The van der Waals surface area contributed by atoms with E-state index >= 15 is 0 Å².